The van der Waals surface area contributed by atoms with E-state index >= 15 is 0 Å². The second kappa shape index (κ2) is 7.37. The number of piperidine rings is 1. The molecular formula is C19H22N2O4S. The molecule has 2 N–H and O–H groups in total. The number of likely N-dealkylation sites (tertiary alicyclic amines) is 1. The van der Waals surface area contributed by atoms with Crippen molar-refractivity contribution in [2.75, 3.05) is 24.1 Å². The highest BCUT2D eigenvalue weighted by Crippen LogP contribution is 2.30. The average molecular weight is 374 g/mol. The van der Waals surface area contributed by atoms with E-state index in [0.29, 0.717) is 30.3 Å². The number of carbonyl (C=O) groups excluding carboxylic acids is 1. The van der Waals surface area contributed by atoms with Crippen molar-refractivity contribution in [3.8, 4) is 5.75 Å². The third-order valence-corrected chi connectivity index (χ3v) is 5.19. The molecule has 0 aliphatic carbocycles. The maximum atomic E-state index is 12.9. The summed E-state index contributed by atoms with van der Waals surface area (Å²) in [6.45, 7) is 1.22. The lowest BCUT2D eigenvalue weighted by Gasteiger charge is -2.32. The van der Waals surface area contributed by atoms with Gasteiger partial charge in [-0.2, -0.15) is 0 Å². The van der Waals surface area contributed by atoms with E-state index in [1.807, 2.05) is 12.1 Å². The number of para-hydroxylation sites is 1. The molecule has 2 aromatic carbocycles. The Morgan fingerprint density at radius 2 is 1.69 bits per heavy atom. The molecule has 0 spiro atoms. The molecule has 1 aliphatic heterocycles. The third-order valence-electron chi connectivity index (χ3n) is 4.60. The van der Waals surface area contributed by atoms with Gasteiger partial charge in [0.1, 0.15) is 5.75 Å². The summed E-state index contributed by atoms with van der Waals surface area (Å²) >= 11 is 0. The number of benzene rings is 2. The number of nitrogens with zero attached hydrogens (tertiary/aromatic N) is 1. The molecule has 3 rings (SSSR count). The predicted molar refractivity (Wildman–Crippen MR) is 101 cm³/mol. The number of sulfonamides is 1. The van der Waals surface area contributed by atoms with Crippen LogP contribution in [0.4, 0.5) is 5.69 Å². The zero-order valence-corrected chi connectivity index (χ0v) is 15.4. The van der Waals surface area contributed by atoms with Gasteiger partial charge in [-0.3, -0.25) is 9.52 Å². The number of carbonyl (C=O) groups is 1. The van der Waals surface area contributed by atoms with Crippen LogP contribution in [0, 0.1) is 0 Å². The second-order valence-electron chi connectivity index (χ2n) is 6.58. The Morgan fingerprint density at radius 1 is 1.08 bits per heavy atom. The van der Waals surface area contributed by atoms with Gasteiger partial charge in [0.05, 0.1) is 17.5 Å². The van der Waals surface area contributed by atoms with Crippen LogP contribution >= 0.6 is 0 Å². The van der Waals surface area contributed by atoms with Gasteiger partial charge in [0.2, 0.25) is 10.0 Å². The van der Waals surface area contributed by atoms with Crippen LogP contribution in [0.25, 0.3) is 0 Å². The lowest BCUT2D eigenvalue weighted by molar-refractivity contribution is 0.0714. The van der Waals surface area contributed by atoms with E-state index in [2.05, 4.69) is 4.72 Å². The van der Waals surface area contributed by atoms with Crippen LogP contribution < -0.4 is 4.72 Å². The molecule has 1 saturated heterocycles. The summed E-state index contributed by atoms with van der Waals surface area (Å²) in [7, 11) is -3.45. The van der Waals surface area contributed by atoms with Crippen molar-refractivity contribution >= 4 is 21.6 Å². The van der Waals surface area contributed by atoms with Crippen molar-refractivity contribution in [2.45, 2.75) is 18.8 Å². The summed E-state index contributed by atoms with van der Waals surface area (Å²) in [5.74, 6) is 0.432. The monoisotopic (exact) mass is 374 g/mol. The Hall–Kier alpha value is -2.54. The number of amides is 1. The highest BCUT2D eigenvalue weighted by atomic mass is 32.2. The number of nitrogens with one attached hydrogen (secondary N) is 1. The fourth-order valence-electron chi connectivity index (χ4n) is 3.29. The van der Waals surface area contributed by atoms with Crippen LogP contribution in [-0.2, 0) is 10.0 Å². The largest absolute Gasteiger partial charge is 0.508 e. The molecule has 0 bridgehead atoms. The van der Waals surface area contributed by atoms with Crippen molar-refractivity contribution in [1.82, 2.24) is 4.90 Å². The van der Waals surface area contributed by atoms with E-state index in [1.54, 1.807) is 41.3 Å². The summed E-state index contributed by atoms with van der Waals surface area (Å²) in [5, 5.41) is 9.40. The van der Waals surface area contributed by atoms with E-state index in [1.165, 1.54) is 0 Å². The first kappa shape index (κ1) is 18.3. The van der Waals surface area contributed by atoms with Crippen molar-refractivity contribution in [3.05, 3.63) is 59.7 Å². The first-order valence-corrected chi connectivity index (χ1v) is 10.4. The number of aromatic hydroxyl groups is 1. The minimum Gasteiger partial charge on any atom is -0.508 e. The van der Waals surface area contributed by atoms with Crippen molar-refractivity contribution in [3.63, 3.8) is 0 Å². The summed E-state index contributed by atoms with van der Waals surface area (Å²) in [5.41, 5.74) is 1.83. The van der Waals surface area contributed by atoms with E-state index in [4.69, 9.17) is 0 Å². The average Bonchev–Trinajstić information content (AvgIpc) is 2.61. The molecule has 26 heavy (non-hydrogen) atoms. The van der Waals surface area contributed by atoms with Crippen molar-refractivity contribution < 1.29 is 18.3 Å². The first-order chi connectivity index (χ1) is 12.3. The molecule has 2 aromatic rings. The van der Waals surface area contributed by atoms with Gasteiger partial charge in [-0.25, -0.2) is 8.42 Å². The SMILES string of the molecule is CS(=O)(=O)Nc1ccccc1C(=O)N1CCC(c2ccc(O)cc2)CC1. The quantitative estimate of drug-likeness (QED) is 0.862. The summed E-state index contributed by atoms with van der Waals surface area (Å²) < 4.78 is 25.5. The number of rotatable bonds is 4. The van der Waals surface area contributed by atoms with Crippen LogP contribution in [0.1, 0.15) is 34.7 Å². The van der Waals surface area contributed by atoms with E-state index in [-0.39, 0.29) is 11.7 Å². The van der Waals surface area contributed by atoms with Crippen molar-refractivity contribution in [2.24, 2.45) is 0 Å². The smallest absolute Gasteiger partial charge is 0.255 e. The molecule has 0 unspecified atom stereocenters. The predicted octanol–water partition coefficient (Wildman–Crippen LogP) is 2.78. The molecule has 0 radical (unpaired) electrons. The van der Waals surface area contributed by atoms with Gasteiger partial charge in [-0.1, -0.05) is 24.3 Å². The normalized spacial score (nSPS) is 15.7. The fourth-order valence-corrected chi connectivity index (χ4v) is 3.87. The van der Waals surface area contributed by atoms with Crippen LogP contribution in [0.2, 0.25) is 0 Å². The topological polar surface area (TPSA) is 86.7 Å². The van der Waals surface area contributed by atoms with Crippen LogP contribution in [0.3, 0.4) is 0 Å². The van der Waals surface area contributed by atoms with Gasteiger partial charge in [0, 0.05) is 13.1 Å². The summed E-state index contributed by atoms with van der Waals surface area (Å²) in [6, 6.07) is 13.9. The molecule has 138 valence electrons. The van der Waals surface area contributed by atoms with Crippen LogP contribution in [0.5, 0.6) is 5.75 Å². The number of hydrogen-bond donors (Lipinski definition) is 2. The molecular weight excluding hydrogens is 352 g/mol. The minimum absolute atomic E-state index is 0.166. The number of hydrogen-bond acceptors (Lipinski definition) is 4. The first-order valence-electron chi connectivity index (χ1n) is 8.48. The molecule has 0 saturated carbocycles. The van der Waals surface area contributed by atoms with E-state index in [9.17, 15) is 18.3 Å². The highest BCUT2D eigenvalue weighted by molar-refractivity contribution is 7.92. The van der Waals surface area contributed by atoms with Gasteiger partial charge in [-0.05, 0) is 48.6 Å². The Labute approximate surface area is 153 Å². The molecule has 0 atom stereocenters. The zero-order valence-electron chi connectivity index (χ0n) is 14.6. The number of phenols is 1. The fraction of sp³-hybridized carbons (Fsp3) is 0.316. The van der Waals surface area contributed by atoms with E-state index in [0.717, 1.165) is 24.7 Å². The molecule has 1 aliphatic rings. The Kier molecular flexibility index (Phi) is 5.18. The maximum absolute atomic E-state index is 12.9. The van der Waals surface area contributed by atoms with E-state index < -0.39 is 10.0 Å². The second-order valence-corrected chi connectivity index (χ2v) is 8.33. The van der Waals surface area contributed by atoms with Gasteiger partial charge in [-0.15, -0.1) is 0 Å². The summed E-state index contributed by atoms with van der Waals surface area (Å²) in [6.07, 6.45) is 2.73. The Balaban J connectivity index is 1.70. The molecule has 1 heterocycles. The zero-order chi connectivity index (χ0) is 18.7. The molecule has 7 heteroatoms. The third kappa shape index (κ3) is 4.35. The van der Waals surface area contributed by atoms with Crippen molar-refractivity contribution in [1.29, 1.82) is 0 Å². The Bertz CT molecular complexity index is 886. The standard InChI is InChI=1S/C19H22N2O4S/c1-26(24,25)20-18-5-3-2-4-17(18)19(23)21-12-10-15(11-13-21)14-6-8-16(22)9-7-14/h2-9,15,20,22H,10-13H2,1H3. The van der Waals surface area contributed by atoms with Crippen LogP contribution in [0.15, 0.2) is 48.5 Å². The lowest BCUT2D eigenvalue weighted by atomic mass is 9.89. The maximum Gasteiger partial charge on any atom is 0.255 e. The lowest BCUT2D eigenvalue weighted by Crippen LogP contribution is -2.38. The van der Waals surface area contributed by atoms with Gasteiger partial charge >= 0.3 is 0 Å². The van der Waals surface area contributed by atoms with Gasteiger partial charge < -0.3 is 10.0 Å². The Morgan fingerprint density at radius 3 is 2.31 bits per heavy atom. The molecule has 1 amide bonds. The van der Waals surface area contributed by atoms with Gasteiger partial charge in [0.15, 0.2) is 0 Å². The molecule has 6 nitrogen and oxygen atoms in total. The summed E-state index contributed by atoms with van der Waals surface area (Å²) in [4.78, 5) is 14.6. The minimum atomic E-state index is -3.45. The van der Waals surface area contributed by atoms with Gasteiger partial charge in [0.25, 0.3) is 5.91 Å². The number of phenolic OH excluding ortho intramolecular Hbond substituents is 1. The molecule has 1 fully saturated rings. The number of anilines is 1. The molecule has 0 aromatic heterocycles. The highest BCUT2D eigenvalue weighted by Gasteiger charge is 2.26. The van der Waals surface area contributed by atoms with Crippen LogP contribution in [-0.4, -0.2) is 43.7 Å².